The number of hydrogen-bond acceptors (Lipinski definition) is 4. The Balaban J connectivity index is 1.59. The Morgan fingerprint density at radius 2 is 1.69 bits per heavy atom. The average Bonchev–Trinajstić information content (AvgIpc) is 3.19. The highest BCUT2D eigenvalue weighted by atomic mass is 19.4. The molecule has 3 N–H and O–H groups in total. The molecule has 0 spiro atoms. The number of benzene rings is 3. The number of halogens is 3. The van der Waals surface area contributed by atoms with Gasteiger partial charge in [-0.3, -0.25) is 0 Å². The van der Waals surface area contributed by atoms with Crippen molar-refractivity contribution in [1.82, 2.24) is 0 Å². The van der Waals surface area contributed by atoms with Crippen LogP contribution in [-0.2, 0) is 5.41 Å². The maximum absolute atomic E-state index is 12.8. The first kappa shape index (κ1) is 25.2. The molecule has 9 heteroatoms. The Hall–Kier alpha value is -3.88. The molecule has 0 bridgehead atoms. The molecule has 2 amide bonds. The summed E-state index contributed by atoms with van der Waals surface area (Å²) < 4.78 is 41.0. The number of anilines is 4. The van der Waals surface area contributed by atoms with Gasteiger partial charge < -0.3 is 25.4 Å². The van der Waals surface area contributed by atoms with Crippen LogP contribution in [0.2, 0.25) is 0 Å². The Morgan fingerprint density at radius 3 is 2.33 bits per heavy atom. The van der Waals surface area contributed by atoms with E-state index in [1.54, 1.807) is 18.2 Å². The summed E-state index contributed by atoms with van der Waals surface area (Å²) in [6.07, 6.45) is -3.01. The van der Waals surface area contributed by atoms with E-state index in [4.69, 9.17) is 0 Å². The second-order valence-corrected chi connectivity index (χ2v) is 8.87. The molecule has 3 aromatic rings. The zero-order valence-corrected chi connectivity index (χ0v) is 20.2. The second-order valence-electron chi connectivity index (χ2n) is 8.87. The van der Waals surface area contributed by atoms with E-state index in [2.05, 4.69) is 29.2 Å². The molecular formula is C27H28F3N3O3. The second kappa shape index (κ2) is 9.64. The van der Waals surface area contributed by atoms with Gasteiger partial charge >= 0.3 is 12.4 Å². The van der Waals surface area contributed by atoms with Gasteiger partial charge in [-0.15, -0.1) is 13.2 Å². The Morgan fingerprint density at radius 1 is 1.03 bits per heavy atom. The molecule has 0 saturated carbocycles. The normalized spacial score (nSPS) is 14.3. The quantitative estimate of drug-likeness (QED) is 0.329. The summed E-state index contributed by atoms with van der Waals surface area (Å²) in [6, 6.07) is 15.3. The smallest absolute Gasteiger partial charge is 0.506 e. The van der Waals surface area contributed by atoms with Crippen molar-refractivity contribution in [3.8, 4) is 11.5 Å². The highest BCUT2D eigenvalue weighted by Crippen LogP contribution is 2.54. The lowest BCUT2D eigenvalue weighted by Gasteiger charge is -2.29. The third kappa shape index (κ3) is 4.91. The maximum Gasteiger partial charge on any atom is 0.573 e. The molecule has 0 radical (unpaired) electrons. The largest absolute Gasteiger partial charge is 0.573 e. The Bertz CT molecular complexity index is 1260. The molecule has 4 rings (SSSR count). The lowest BCUT2D eigenvalue weighted by atomic mass is 9.76. The minimum absolute atomic E-state index is 0.145. The summed E-state index contributed by atoms with van der Waals surface area (Å²) >= 11 is 0. The standard InChI is InChI=1S/C27H28F3N3O3/c1-4-26(5-2)16-33(24-22(34)15-10-17(3)23(24)26)21-9-7-6-8-20(21)32-25(35)31-18-11-13-19(14-12-18)36-27(28,29)30/h6-15,34H,4-5,16H2,1-3H3,(H2,31,32,35). The minimum atomic E-state index is -4.79. The first-order valence-electron chi connectivity index (χ1n) is 11.7. The number of urea groups is 1. The minimum Gasteiger partial charge on any atom is -0.506 e. The first-order chi connectivity index (χ1) is 17.1. The van der Waals surface area contributed by atoms with Crippen LogP contribution in [-0.4, -0.2) is 24.0 Å². The number of carbonyl (C=O) groups excluding carboxylic acids is 1. The van der Waals surface area contributed by atoms with Gasteiger partial charge in [0.15, 0.2) is 0 Å². The summed E-state index contributed by atoms with van der Waals surface area (Å²) in [6.45, 7) is 6.98. The van der Waals surface area contributed by atoms with Crippen molar-refractivity contribution in [2.24, 2.45) is 0 Å². The van der Waals surface area contributed by atoms with Gasteiger partial charge in [-0.1, -0.05) is 32.0 Å². The molecule has 190 valence electrons. The number of aryl methyl sites for hydroxylation is 1. The summed E-state index contributed by atoms with van der Waals surface area (Å²) in [7, 11) is 0. The summed E-state index contributed by atoms with van der Waals surface area (Å²) in [5.41, 5.74) is 4.38. The molecule has 0 atom stereocenters. The molecule has 0 aliphatic carbocycles. The molecule has 0 fully saturated rings. The molecule has 1 aliphatic rings. The van der Waals surface area contributed by atoms with E-state index < -0.39 is 12.4 Å². The van der Waals surface area contributed by atoms with E-state index in [0.29, 0.717) is 17.9 Å². The van der Waals surface area contributed by atoms with Gasteiger partial charge in [0.05, 0.1) is 17.1 Å². The van der Waals surface area contributed by atoms with E-state index in [0.717, 1.165) is 47.5 Å². The Labute approximate surface area is 207 Å². The lowest BCUT2D eigenvalue weighted by molar-refractivity contribution is -0.274. The third-order valence-electron chi connectivity index (χ3n) is 6.77. The number of rotatable bonds is 6. The van der Waals surface area contributed by atoms with Crippen LogP contribution < -0.4 is 20.3 Å². The number of hydrogen-bond donors (Lipinski definition) is 3. The van der Waals surface area contributed by atoms with Crippen LogP contribution in [0.25, 0.3) is 0 Å². The zero-order valence-electron chi connectivity index (χ0n) is 20.2. The molecule has 3 aromatic carbocycles. The van der Waals surface area contributed by atoms with E-state index in [1.165, 1.54) is 12.1 Å². The van der Waals surface area contributed by atoms with Crippen LogP contribution in [0.4, 0.5) is 40.7 Å². The predicted molar refractivity (Wildman–Crippen MR) is 134 cm³/mol. The van der Waals surface area contributed by atoms with Gasteiger partial charge in [0.2, 0.25) is 0 Å². The monoisotopic (exact) mass is 499 g/mol. The fourth-order valence-electron chi connectivity index (χ4n) is 4.96. The number of fused-ring (bicyclic) bond motifs is 1. The van der Waals surface area contributed by atoms with Crippen molar-refractivity contribution in [3.63, 3.8) is 0 Å². The van der Waals surface area contributed by atoms with E-state index in [1.807, 2.05) is 30.0 Å². The Kier molecular flexibility index (Phi) is 6.75. The van der Waals surface area contributed by atoms with Gasteiger partial charge in [0.1, 0.15) is 11.5 Å². The number of nitrogens with one attached hydrogen (secondary N) is 2. The predicted octanol–water partition coefficient (Wildman–Crippen LogP) is 7.45. The number of aromatic hydroxyl groups is 1. The van der Waals surface area contributed by atoms with Crippen molar-refractivity contribution < 1.29 is 27.8 Å². The number of nitrogens with zero attached hydrogens (tertiary/aromatic N) is 1. The van der Waals surface area contributed by atoms with Crippen LogP contribution in [0.1, 0.15) is 37.8 Å². The first-order valence-corrected chi connectivity index (χ1v) is 11.7. The molecular weight excluding hydrogens is 471 g/mol. The highest BCUT2D eigenvalue weighted by molar-refractivity contribution is 6.02. The van der Waals surface area contributed by atoms with Gasteiger partial charge in [-0.25, -0.2) is 4.79 Å². The zero-order chi connectivity index (χ0) is 26.1. The number of ether oxygens (including phenoxy) is 1. The topological polar surface area (TPSA) is 73.8 Å². The van der Waals surface area contributed by atoms with E-state index in [9.17, 15) is 23.1 Å². The van der Waals surface area contributed by atoms with E-state index >= 15 is 0 Å². The van der Waals surface area contributed by atoms with Crippen molar-refractivity contribution >= 4 is 28.8 Å². The van der Waals surface area contributed by atoms with Gasteiger partial charge in [0.25, 0.3) is 0 Å². The molecule has 6 nitrogen and oxygen atoms in total. The number of para-hydroxylation sites is 2. The maximum atomic E-state index is 12.8. The van der Waals surface area contributed by atoms with E-state index in [-0.39, 0.29) is 16.9 Å². The molecule has 36 heavy (non-hydrogen) atoms. The van der Waals surface area contributed by atoms with Crippen molar-refractivity contribution in [2.45, 2.75) is 45.4 Å². The van der Waals surface area contributed by atoms with Gasteiger partial charge in [-0.05, 0) is 73.4 Å². The number of alkyl halides is 3. The third-order valence-corrected chi connectivity index (χ3v) is 6.77. The number of carbonyl (C=O) groups is 1. The fourth-order valence-corrected chi connectivity index (χ4v) is 4.96. The van der Waals surface area contributed by atoms with Gasteiger partial charge in [-0.2, -0.15) is 0 Å². The van der Waals surface area contributed by atoms with Crippen molar-refractivity contribution in [2.75, 3.05) is 22.1 Å². The van der Waals surface area contributed by atoms with Crippen LogP contribution in [0.3, 0.4) is 0 Å². The van der Waals surface area contributed by atoms with Crippen LogP contribution in [0, 0.1) is 6.92 Å². The van der Waals surface area contributed by atoms with Crippen LogP contribution >= 0.6 is 0 Å². The summed E-state index contributed by atoms with van der Waals surface area (Å²) in [4.78, 5) is 14.8. The molecule has 0 unspecified atom stereocenters. The SMILES string of the molecule is CCC1(CC)CN(c2ccccc2NC(=O)Nc2ccc(OC(F)(F)F)cc2)c2c(O)ccc(C)c21. The van der Waals surface area contributed by atoms with Crippen molar-refractivity contribution in [1.29, 1.82) is 0 Å². The summed E-state index contributed by atoms with van der Waals surface area (Å²) in [5.74, 6) is -0.197. The lowest BCUT2D eigenvalue weighted by Crippen LogP contribution is -2.31. The average molecular weight is 500 g/mol. The van der Waals surface area contributed by atoms with Crippen LogP contribution in [0.15, 0.2) is 60.7 Å². The molecule has 1 aliphatic heterocycles. The van der Waals surface area contributed by atoms with Gasteiger partial charge in [0, 0.05) is 17.6 Å². The molecule has 1 heterocycles. The molecule has 0 aromatic heterocycles. The van der Waals surface area contributed by atoms with Crippen LogP contribution in [0.5, 0.6) is 11.5 Å². The highest BCUT2D eigenvalue weighted by Gasteiger charge is 2.43. The fraction of sp³-hybridized carbons (Fsp3) is 0.296. The summed E-state index contributed by atoms with van der Waals surface area (Å²) in [5, 5.41) is 16.3. The molecule has 0 saturated heterocycles. The van der Waals surface area contributed by atoms with Crippen molar-refractivity contribution in [3.05, 3.63) is 71.8 Å². The number of phenolic OH excluding ortho intramolecular Hbond substituents is 1. The number of amides is 2. The number of phenols is 1.